The largest absolute Gasteiger partial charge is 0.373 e. The first-order chi connectivity index (χ1) is 12.5. The van der Waals surface area contributed by atoms with E-state index < -0.39 is 12.9 Å². The molecule has 0 fully saturated rings. The first-order valence-electron chi connectivity index (χ1n) is 10.4. The highest BCUT2D eigenvalue weighted by molar-refractivity contribution is 7.53. The van der Waals surface area contributed by atoms with Crippen LogP contribution in [0.25, 0.3) is 0 Å². The summed E-state index contributed by atoms with van der Waals surface area (Å²) < 4.78 is 12.0. The molecule has 0 bridgehead atoms. The van der Waals surface area contributed by atoms with E-state index in [1.54, 1.807) is 0 Å². The molecule has 0 spiro atoms. The van der Waals surface area contributed by atoms with Crippen LogP contribution in [0.5, 0.6) is 0 Å². The van der Waals surface area contributed by atoms with Crippen LogP contribution in [0.2, 0.25) is 0 Å². The molecule has 160 valence electrons. The van der Waals surface area contributed by atoms with Gasteiger partial charge < -0.3 is 19.4 Å². The second-order valence-electron chi connectivity index (χ2n) is 8.59. The Morgan fingerprint density at radius 1 is 0.815 bits per heavy atom. The van der Waals surface area contributed by atoms with Crippen LogP contribution in [0.15, 0.2) is 24.3 Å². The third-order valence-electron chi connectivity index (χ3n) is 4.52. The average Bonchev–Trinajstić information content (AvgIpc) is 2.52. The van der Waals surface area contributed by atoms with Gasteiger partial charge in [-0.15, -0.1) is 0 Å². The Balaban J connectivity index is 3.92. The van der Waals surface area contributed by atoms with Crippen molar-refractivity contribution in [3.63, 3.8) is 0 Å². The van der Waals surface area contributed by atoms with Gasteiger partial charge in [0.1, 0.15) is 6.54 Å². The number of hydrogen-bond acceptors (Lipinski definition) is 2. The van der Waals surface area contributed by atoms with E-state index in [1.165, 1.54) is 32.1 Å². The summed E-state index contributed by atoms with van der Waals surface area (Å²) in [6, 6.07) is 0. The van der Waals surface area contributed by atoms with Gasteiger partial charge in [0.05, 0.1) is 21.1 Å². The molecule has 0 aliphatic rings. The van der Waals surface area contributed by atoms with Crippen molar-refractivity contribution in [3.8, 4) is 0 Å². The number of hydrogen-bond donors (Lipinski definition) is 3. The van der Waals surface area contributed by atoms with Crippen LogP contribution in [0.4, 0.5) is 0 Å². The lowest BCUT2D eigenvalue weighted by atomic mass is 10.1. The summed E-state index contributed by atoms with van der Waals surface area (Å²) >= 11 is 0. The van der Waals surface area contributed by atoms with Crippen LogP contribution in [0.1, 0.15) is 77.6 Å². The summed E-state index contributed by atoms with van der Waals surface area (Å²) in [4.78, 5) is 19.1. The number of unbranched alkanes of at least 4 members (excludes halogenated alkanes) is 7. The number of rotatable bonds is 16. The van der Waals surface area contributed by atoms with Crippen molar-refractivity contribution in [2.24, 2.45) is 0 Å². The maximum atomic E-state index is 11.7. The van der Waals surface area contributed by atoms with Gasteiger partial charge in [-0.25, -0.2) is 0 Å². The second kappa shape index (κ2) is 13.7. The number of aliphatic hydroxyl groups is 1. The van der Waals surface area contributed by atoms with Gasteiger partial charge in [0.2, 0.25) is 5.34 Å². The molecule has 0 saturated heterocycles. The fraction of sp³-hybridized carbons (Fsp3) is 0.810. The molecule has 0 radical (unpaired) electrons. The molecular weight excluding hydrogens is 361 g/mol. The number of likely N-dealkylation sites (N-methyl/N-ethyl adjacent to an activating group) is 1. The van der Waals surface area contributed by atoms with E-state index in [-0.39, 0.29) is 13.0 Å². The lowest BCUT2D eigenvalue weighted by Crippen LogP contribution is -2.49. The third kappa shape index (κ3) is 14.2. The molecule has 0 aliphatic carbocycles. The van der Waals surface area contributed by atoms with Crippen LogP contribution in [0.3, 0.4) is 0 Å². The third-order valence-corrected chi connectivity index (χ3v) is 5.97. The fourth-order valence-electron chi connectivity index (χ4n) is 3.06. The Kier molecular flexibility index (Phi) is 13.5. The van der Waals surface area contributed by atoms with Crippen molar-refractivity contribution in [2.45, 2.75) is 82.9 Å². The van der Waals surface area contributed by atoms with Crippen molar-refractivity contribution in [1.29, 1.82) is 0 Å². The molecule has 0 aromatic carbocycles. The van der Waals surface area contributed by atoms with Crippen LogP contribution in [-0.4, -0.2) is 52.4 Å². The second-order valence-corrected chi connectivity index (χ2v) is 10.5. The number of nitrogens with zero attached hydrogens (tertiary/aromatic N) is 1. The Morgan fingerprint density at radius 2 is 1.22 bits per heavy atom. The molecule has 0 aromatic heterocycles. The highest BCUT2D eigenvalue weighted by Crippen LogP contribution is 2.52. The number of allylic oxidation sites excluding steroid dienone is 4. The predicted molar refractivity (Wildman–Crippen MR) is 115 cm³/mol. The minimum atomic E-state index is -4.55. The van der Waals surface area contributed by atoms with Crippen LogP contribution in [0, 0.1) is 0 Å². The van der Waals surface area contributed by atoms with Gasteiger partial charge in [-0.3, -0.25) is 4.57 Å². The van der Waals surface area contributed by atoms with Gasteiger partial charge in [0.15, 0.2) is 0 Å². The SMILES string of the molecule is CCCC/C=C\CCCC/C=C\CCCCC(O)(C[N+](C)(C)C)P(=O)(O)O. The molecule has 6 heteroatoms. The summed E-state index contributed by atoms with van der Waals surface area (Å²) in [6.45, 7) is 2.25. The lowest BCUT2D eigenvalue weighted by Gasteiger charge is -2.35. The van der Waals surface area contributed by atoms with E-state index in [9.17, 15) is 19.5 Å². The molecule has 5 nitrogen and oxygen atoms in total. The van der Waals surface area contributed by atoms with Gasteiger partial charge >= 0.3 is 7.60 Å². The van der Waals surface area contributed by atoms with Gasteiger partial charge in [0.25, 0.3) is 0 Å². The minimum absolute atomic E-state index is 0.0417. The first kappa shape index (κ1) is 26.6. The van der Waals surface area contributed by atoms with Crippen molar-refractivity contribution in [3.05, 3.63) is 24.3 Å². The van der Waals surface area contributed by atoms with E-state index >= 15 is 0 Å². The van der Waals surface area contributed by atoms with Crippen molar-refractivity contribution < 1.29 is 23.9 Å². The molecule has 0 saturated carbocycles. The van der Waals surface area contributed by atoms with Gasteiger partial charge in [0, 0.05) is 0 Å². The van der Waals surface area contributed by atoms with E-state index in [4.69, 9.17) is 0 Å². The maximum absolute atomic E-state index is 11.7. The average molecular weight is 405 g/mol. The monoisotopic (exact) mass is 404 g/mol. The topological polar surface area (TPSA) is 77.8 Å². The zero-order chi connectivity index (χ0) is 20.8. The molecular formula is C21H43NO4P+. The minimum Gasteiger partial charge on any atom is -0.373 e. The van der Waals surface area contributed by atoms with E-state index in [0.29, 0.717) is 10.9 Å². The number of quaternary nitrogens is 1. The summed E-state index contributed by atoms with van der Waals surface area (Å²) in [7, 11) is 0.917. The predicted octanol–water partition coefficient (Wildman–Crippen LogP) is 4.98. The molecule has 0 heterocycles. The van der Waals surface area contributed by atoms with Crippen LogP contribution < -0.4 is 0 Å². The van der Waals surface area contributed by atoms with Crippen molar-refractivity contribution >= 4 is 7.60 Å². The Hall–Kier alpha value is -0.450. The zero-order valence-corrected chi connectivity index (χ0v) is 18.8. The molecule has 1 unspecified atom stereocenters. The molecule has 1 atom stereocenters. The summed E-state index contributed by atoms with van der Waals surface area (Å²) in [5, 5.41) is 8.54. The van der Waals surface area contributed by atoms with Gasteiger partial charge in [-0.1, -0.05) is 44.1 Å². The molecule has 27 heavy (non-hydrogen) atoms. The molecule has 0 aliphatic heterocycles. The normalized spacial score (nSPS) is 15.7. The highest BCUT2D eigenvalue weighted by atomic mass is 31.2. The fourth-order valence-corrected chi connectivity index (χ4v) is 4.12. The maximum Gasteiger partial charge on any atom is 0.362 e. The smallest absolute Gasteiger partial charge is 0.362 e. The van der Waals surface area contributed by atoms with Gasteiger partial charge in [-0.05, 0) is 57.8 Å². The Morgan fingerprint density at radius 3 is 1.59 bits per heavy atom. The molecule has 3 N–H and O–H groups in total. The molecule has 0 rings (SSSR count). The van der Waals surface area contributed by atoms with E-state index in [0.717, 1.165) is 25.7 Å². The summed E-state index contributed by atoms with van der Waals surface area (Å²) in [5.41, 5.74) is 0. The highest BCUT2D eigenvalue weighted by Gasteiger charge is 2.48. The Labute approximate surface area is 166 Å². The van der Waals surface area contributed by atoms with E-state index in [1.807, 2.05) is 21.1 Å². The summed E-state index contributed by atoms with van der Waals surface area (Å²) in [5.74, 6) is 0. The van der Waals surface area contributed by atoms with Crippen LogP contribution >= 0.6 is 7.60 Å². The quantitative estimate of drug-likeness (QED) is 0.147. The first-order valence-corrected chi connectivity index (χ1v) is 12.0. The van der Waals surface area contributed by atoms with Crippen molar-refractivity contribution in [2.75, 3.05) is 27.7 Å². The molecule has 0 amide bonds. The van der Waals surface area contributed by atoms with Crippen LogP contribution in [-0.2, 0) is 4.57 Å². The standard InChI is InChI=1S/C21H42NO4P/c1-5-6-7-8-9-10-11-12-13-14-15-16-17-18-19-21(23,27(24,25)26)20-22(2,3)4/h8-9,14-15,23H,5-7,10-13,16-20H2,1-4H3,(H-,24,25,26)/p+1/b9-8-,15-14-. The Bertz CT molecular complexity index is 479. The molecule has 0 aromatic rings. The lowest BCUT2D eigenvalue weighted by molar-refractivity contribution is -0.875. The van der Waals surface area contributed by atoms with Crippen molar-refractivity contribution in [1.82, 2.24) is 0 Å². The van der Waals surface area contributed by atoms with E-state index in [2.05, 4.69) is 31.2 Å². The zero-order valence-electron chi connectivity index (χ0n) is 17.9. The summed E-state index contributed by atoms with van der Waals surface area (Å²) in [6.07, 6.45) is 19.7. The van der Waals surface area contributed by atoms with Gasteiger partial charge in [-0.2, -0.15) is 0 Å².